The molecular formula is C16H21N5O2S. The van der Waals surface area contributed by atoms with Crippen molar-refractivity contribution < 1.29 is 9.90 Å². The molecule has 8 heteroatoms. The predicted molar refractivity (Wildman–Crippen MR) is 92.3 cm³/mol. The zero-order valence-corrected chi connectivity index (χ0v) is 14.7. The van der Waals surface area contributed by atoms with Gasteiger partial charge in [0.05, 0.1) is 12.2 Å². The molecule has 0 aromatic carbocycles. The Kier molecular flexibility index (Phi) is 4.77. The van der Waals surface area contributed by atoms with Gasteiger partial charge in [-0.05, 0) is 36.5 Å². The Morgan fingerprint density at radius 1 is 1.50 bits per heavy atom. The minimum atomic E-state index is -0.938. The van der Waals surface area contributed by atoms with Gasteiger partial charge in [0.1, 0.15) is 16.3 Å². The summed E-state index contributed by atoms with van der Waals surface area (Å²) in [5.74, 6) is 0.717. The molecule has 1 atom stereocenters. The zero-order chi connectivity index (χ0) is 17.2. The van der Waals surface area contributed by atoms with E-state index in [1.165, 1.54) is 0 Å². The van der Waals surface area contributed by atoms with E-state index in [0.717, 1.165) is 23.9 Å². The van der Waals surface area contributed by atoms with Gasteiger partial charge in [-0.2, -0.15) is 0 Å². The normalized spacial score (nSPS) is 20.4. The van der Waals surface area contributed by atoms with Gasteiger partial charge in [0, 0.05) is 26.3 Å². The number of carbonyl (C=O) groups is 1. The fraction of sp³-hybridized carbons (Fsp3) is 0.500. The average Bonchev–Trinajstić information content (AvgIpc) is 3.21. The van der Waals surface area contributed by atoms with Crippen molar-refractivity contribution in [3.05, 3.63) is 35.0 Å². The summed E-state index contributed by atoms with van der Waals surface area (Å²) in [6.45, 7) is 3.40. The quantitative estimate of drug-likeness (QED) is 0.875. The molecule has 0 saturated carbocycles. The summed E-state index contributed by atoms with van der Waals surface area (Å²) >= 11 is 1.11. The summed E-state index contributed by atoms with van der Waals surface area (Å²) in [6.07, 6.45) is 3.01. The Morgan fingerprint density at radius 3 is 3.04 bits per heavy atom. The maximum Gasteiger partial charge on any atom is 0.267 e. The van der Waals surface area contributed by atoms with E-state index < -0.39 is 5.60 Å². The molecule has 0 aliphatic carbocycles. The molecule has 128 valence electrons. The molecule has 1 aliphatic rings. The number of nitrogens with zero attached hydrogens (tertiary/aromatic N) is 5. The highest BCUT2D eigenvalue weighted by Gasteiger charge is 2.39. The molecule has 3 rings (SSSR count). The molecule has 1 fully saturated rings. The summed E-state index contributed by atoms with van der Waals surface area (Å²) in [7, 11) is 1.71. The third-order valence-corrected chi connectivity index (χ3v) is 5.02. The molecule has 0 spiro atoms. The number of likely N-dealkylation sites (N-methyl/N-ethyl adjacent to an activating group) is 1. The third kappa shape index (κ3) is 3.39. The number of rotatable bonds is 5. The maximum absolute atomic E-state index is 12.6. The van der Waals surface area contributed by atoms with Crippen molar-refractivity contribution in [3.63, 3.8) is 0 Å². The Morgan fingerprint density at radius 2 is 2.33 bits per heavy atom. The molecule has 1 unspecified atom stereocenters. The third-order valence-electron chi connectivity index (χ3n) is 4.27. The van der Waals surface area contributed by atoms with Crippen LogP contribution in [0.5, 0.6) is 0 Å². The smallest absolute Gasteiger partial charge is 0.267 e. The number of anilines is 1. The summed E-state index contributed by atoms with van der Waals surface area (Å²) in [5.41, 5.74) is -0.225. The van der Waals surface area contributed by atoms with Crippen molar-refractivity contribution in [3.8, 4) is 0 Å². The lowest BCUT2D eigenvalue weighted by Crippen LogP contribution is -2.45. The van der Waals surface area contributed by atoms with Crippen LogP contribution in [0.2, 0.25) is 0 Å². The van der Waals surface area contributed by atoms with Crippen molar-refractivity contribution in [2.45, 2.75) is 25.4 Å². The van der Waals surface area contributed by atoms with Gasteiger partial charge in [0.15, 0.2) is 0 Å². The van der Waals surface area contributed by atoms with Crippen LogP contribution in [0.15, 0.2) is 24.4 Å². The number of pyridine rings is 1. The minimum Gasteiger partial charge on any atom is -0.386 e. The highest BCUT2D eigenvalue weighted by molar-refractivity contribution is 7.07. The topological polar surface area (TPSA) is 82.5 Å². The van der Waals surface area contributed by atoms with Crippen molar-refractivity contribution in [2.24, 2.45) is 0 Å². The highest BCUT2D eigenvalue weighted by atomic mass is 32.1. The first kappa shape index (κ1) is 16.8. The molecule has 24 heavy (non-hydrogen) atoms. The van der Waals surface area contributed by atoms with E-state index in [1.807, 2.05) is 30.0 Å². The molecule has 1 aliphatic heterocycles. The first-order valence-corrected chi connectivity index (χ1v) is 8.75. The number of aromatic nitrogens is 3. The molecule has 0 bridgehead atoms. The Bertz CT molecular complexity index is 708. The van der Waals surface area contributed by atoms with Crippen molar-refractivity contribution in [1.82, 2.24) is 19.5 Å². The number of hydrogen-bond donors (Lipinski definition) is 1. The second-order valence-corrected chi connectivity index (χ2v) is 6.90. The van der Waals surface area contributed by atoms with Gasteiger partial charge in [-0.15, -0.1) is 5.10 Å². The van der Waals surface area contributed by atoms with Crippen LogP contribution in [0.3, 0.4) is 0 Å². The lowest BCUT2D eigenvalue weighted by Gasteiger charge is -2.29. The molecule has 0 radical (unpaired) electrons. The van der Waals surface area contributed by atoms with Crippen LogP contribution in [0.1, 0.15) is 28.7 Å². The number of amides is 1. The van der Waals surface area contributed by atoms with Crippen LogP contribution >= 0.6 is 11.5 Å². The monoisotopic (exact) mass is 347 g/mol. The predicted octanol–water partition coefficient (Wildman–Crippen LogP) is 1.21. The van der Waals surface area contributed by atoms with Gasteiger partial charge < -0.3 is 14.9 Å². The van der Waals surface area contributed by atoms with Crippen LogP contribution in [0.4, 0.5) is 5.82 Å². The standard InChI is InChI=1S/C16H21N5O2S/c1-3-12-14(24-19-18-12)15(22)20(2)10-16(23)7-9-21(11-16)13-6-4-5-8-17-13/h4-6,8,23H,3,7,9-11H2,1-2H3. The summed E-state index contributed by atoms with van der Waals surface area (Å²) in [4.78, 5) is 21.1. The van der Waals surface area contributed by atoms with E-state index in [9.17, 15) is 9.90 Å². The number of aryl methyl sites for hydroxylation is 1. The van der Waals surface area contributed by atoms with Gasteiger partial charge in [-0.25, -0.2) is 4.98 Å². The zero-order valence-electron chi connectivity index (χ0n) is 13.8. The molecule has 1 amide bonds. The summed E-state index contributed by atoms with van der Waals surface area (Å²) in [6, 6.07) is 5.72. The molecular weight excluding hydrogens is 326 g/mol. The number of aliphatic hydroxyl groups is 1. The van der Waals surface area contributed by atoms with Crippen LogP contribution in [-0.2, 0) is 6.42 Å². The maximum atomic E-state index is 12.6. The second-order valence-electron chi connectivity index (χ2n) is 6.15. The first-order valence-electron chi connectivity index (χ1n) is 7.97. The SMILES string of the molecule is CCc1nnsc1C(=O)N(C)CC1(O)CCN(c2ccccn2)C1. The van der Waals surface area contributed by atoms with E-state index >= 15 is 0 Å². The van der Waals surface area contributed by atoms with Gasteiger partial charge in [-0.1, -0.05) is 17.5 Å². The number of carbonyl (C=O) groups excluding carboxylic acids is 1. The van der Waals surface area contributed by atoms with Crippen LogP contribution in [0.25, 0.3) is 0 Å². The fourth-order valence-corrected chi connectivity index (χ4v) is 3.76. The molecule has 1 saturated heterocycles. The Balaban J connectivity index is 1.66. The van der Waals surface area contributed by atoms with E-state index in [0.29, 0.717) is 30.0 Å². The second kappa shape index (κ2) is 6.82. The average molecular weight is 347 g/mol. The highest BCUT2D eigenvalue weighted by Crippen LogP contribution is 2.26. The molecule has 1 N–H and O–H groups in total. The van der Waals surface area contributed by atoms with Gasteiger partial charge in [-0.3, -0.25) is 4.79 Å². The lowest BCUT2D eigenvalue weighted by molar-refractivity contribution is 0.0266. The Labute approximate surface area is 145 Å². The van der Waals surface area contributed by atoms with Gasteiger partial charge >= 0.3 is 0 Å². The van der Waals surface area contributed by atoms with Crippen LogP contribution < -0.4 is 4.90 Å². The first-order chi connectivity index (χ1) is 11.5. The summed E-state index contributed by atoms with van der Waals surface area (Å²) < 4.78 is 3.86. The van der Waals surface area contributed by atoms with Gasteiger partial charge in [0.2, 0.25) is 0 Å². The lowest BCUT2D eigenvalue weighted by atomic mass is 10.0. The van der Waals surface area contributed by atoms with Gasteiger partial charge in [0.25, 0.3) is 5.91 Å². The number of hydrogen-bond acceptors (Lipinski definition) is 7. The van der Waals surface area contributed by atoms with E-state index in [-0.39, 0.29) is 12.5 Å². The van der Waals surface area contributed by atoms with E-state index in [1.54, 1.807) is 18.1 Å². The van der Waals surface area contributed by atoms with E-state index in [2.05, 4.69) is 14.6 Å². The molecule has 2 aromatic rings. The van der Waals surface area contributed by atoms with Crippen molar-refractivity contribution in [2.75, 3.05) is 31.6 Å². The molecule has 7 nitrogen and oxygen atoms in total. The number of β-amino-alcohol motifs (C(OH)–C–C–N with tert-alkyl or cyclic N) is 1. The van der Waals surface area contributed by atoms with Crippen molar-refractivity contribution in [1.29, 1.82) is 0 Å². The molecule has 2 aromatic heterocycles. The van der Waals surface area contributed by atoms with E-state index in [4.69, 9.17) is 0 Å². The Hall–Kier alpha value is -2.06. The van der Waals surface area contributed by atoms with Crippen LogP contribution in [0, 0.1) is 0 Å². The fourth-order valence-electron chi connectivity index (χ4n) is 3.01. The van der Waals surface area contributed by atoms with Crippen LogP contribution in [-0.4, -0.2) is 62.8 Å². The minimum absolute atomic E-state index is 0.133. The molecule has 3 heterocycles. The summed E-state index contributed by atoms with van der Waals surface area (Å²) in [5, 5.41) is 14.9. The largest absolute Gasteiger partial charge is 0.386 e. The van der Waals surface area contributed by atoms with Crippen molar-refractivity contribution >= 4 is 23.3 Å².